The molecule has 0 fully saturated rings. The van der Waals surface area contributed by atoms with E-state index in [-0.39, 0.29) is 17.2 Å². The molecule has 0 aliphatic carbocycles. The number of aromatic hydroxyl groups is 1. The predicted molar refractivity (Wildman–Crippen MR) is 74.2 cm³/mol. The Morgan fingerprint density at radius 1 is 1.28 bits per heavy atom. The standard InChI is InChI=1S/C12H15IO5/c1-12(2,3)18-11(15)17-9-6-10(16-4)8(14)5-7(9)13/h5-6,14H,1-4H3. The Hall–Kier alpha value is -1.18. The Labute approximate surface area is 119 Å². The van der Waals surface area contributed by atoms with E-state index >= 15 is 0 Å². The zero-order valence-corrected chi connectivity index (χ0v) is 12.8. The normalized spacial score (nSPS) is 10.9. The van der Waals surface area contributed by atoms with Crippen LogP contribution in [0.1, 0.15) is 20.8 Å². The van der Waals surface area contributed by atoms with E-state index in [9.17, 15) is 9.90 Å². The summed E-state index contributed by atoms with van der Waals surface area (Å²) in [5.74, 6) is 0.493. The summed E-state index contributed by atoms with van der Waals surface area (Å²) in [5.41, 5.74) is -0.622. The van der Waals surface area contributed by atoms with E-state index in [1.807, 2.05) is 22.6 Å². The van der Waals surface area contributed by atoms with Crippen molar-refractivity contribution in [3.8, 4) is 17.2 Å². The highest BCUT2D eigenvalue weighted by atomic mass is 127. The summed E-state index contributed by atoms with van der Waals surface area (Å²) >= 11 is 1.94. The number of phenolic OH excluding ortho intramolecular Hbond substituents is 1. The van der Waals surface area contributed by atoms with Gasteiger partial charge in [-0.2, -0.15) is 0 Å². The molecule has 18 heavy (non-hydrogen) atoms. The number of hydrogen-bond acceptors (Lipinski definition) is 5. The van der Waals surface area contributed by atoms with Crippen LogP contribution in [0.4, 0.5) is 4.79 Å². The van der Waals surface area contributed by atoms with Crippen molar-refractivity contribution in [1.29, 1.82) is 0 Å². The Morgan fingerprint density at radius 2 is 1.89 bits per heavy atom. The third-order valence-electron chi connectivity index (χ3n) is 1.82. The maximum absolute atomic E-state index is 11.5. The van der Waals surface area contributed by atoms with E-state index in [1.54, 1.807) is 20.8 Å². The van der Waals surface area contributed by atoms with Gasteiger partial charge in [-0.1, -0.05) is 0 Å². The quantitative estimate of drug-likeness (QED) is 0.494. The van der Waals surface area contributed by atoms with Crippen molar-refractivity contribution < 1.29 is 24.1 Å². The molecular formula is C12H15IO5. The molecule has 100 valence electrons. The second kappa shape index (κ2) is 5.64. The topological polar surface area (TPSA) is 65.0 Å². The van der Waals surface area contributed by atoms with Gasteiger partial charge >= 0.3 is 6.16 Å². The van der Waals surface area contributed by atoms with E-state index in [1.165, 1.54) is 19.2 Å². The zero-order valence-electron chi connectivity index (χ0n) is 10.6. The molecule has 0 amide bonds. The van der Waals surface area contributed by atoms with Crippen LogP contribution in [-0.2, 0) is 4.74 Å². The van der Waals surface area contributed by atoms with Crippen LogP contribution in [0.2, 0.25) is 0 Å². The lowest BCUT2D eigenvalue weighted by Gasteiger charge is -2.19. The molecule has 0 aliphatic heterocycles. The van der Waals surface area contributed by atoms with E-state index in [0.29, 0.717) is 3.57 Å². The lowest BCUT2D eigenvalue weighted by molar-refractivity contribution is 0.0204. The van der Waals surface area contributed by atoms with Crippen LogP contribution >= 0.6 is 22.6 Å². The van der Waals surface area contributed by atoms with Crippen molar-refractivity contribution in [2.45, 2.75) is 26.4 Å². The highest BCUT2D eigenvalue weighted by molar-refractivity contribution is 14.1. The van der Waals surface area contributed by atoms with Gasteiger partial charge in [-0.15, -0.1) is 0 Å². The molecule has 0 atom stereocenters. The number of ether oxygens (including phenoxy) is 3. The molecule has 1 N–H and O–H groups in total. The van der Waals surface area contributed by atoms with Gasteiger partial charge < -0.3 is 19.3 Å². The first-order chi connectivity index (χ1) is 8.23. The maximum atomic E-state index is 11.5. The Balaban J connectivity index is 2.88. The van der Waals surface area contributed by atoms with Gasteiger partial charge in [0.2, 0.25) is 0 Å². The van der Waals surface area contributed by atoms with Gasteiger partial charge in [-0.05, 0) is 43.4 Å². The van der Waals surface area contributed by atoms with Crippen molar-refractivity contribution >= 4 is 28.7 Å². The number of phenols is 1. The van der Waals surface area contributed by atoms with Crippen molar-refractivity contribution in [2.24, 2.45) is 0 Å². The fourth-order valence-electron chi connectivity index (χ4n) is 1.13. The minimum Gasteiger partial charge on any atom is -0.504 e. The van der Waals surface area contributed by atoms with Gasteiger partial charge in [0.05, 0.1) is 10.7 Å². The van der Waals surface area contributed by atoms with E-state index in [0.717, 1.165) is 0 Å². The minimum absolute atomic E-state index is 0.0153. The minimum atomic E-state index is -0.798. The summed E-state index contributed by atoms with van der Waals surface area (Å²) in [4.78, 5) is 11.5. The summed E-state index contributed by atoms with van der Waals surface area (Å²) in [6, 6.07) is 2.88. The first-order valence-corrected chi connectivity index (χ1v) is 6.28. The number of methoxy groups -OCH3 is 1. The average molecular weight is 366 g/mol. The third kappa shape index (κ3) is 4.25. The van der Waals surface area contributed by atoms with Gasteiger partial charge in [0.25, 0.3) is 0 Å². The molecule has 5 nitrogen and oxygen atoms in total. The van der Waals surface area contributed by atoms with Gasteiger partial charge in [0.15, 0.2) is 17.2 Å². The molecular weight excluding hydrogens is 351 g/mol. The smallest absolute Gasteiger partial charge is 0.504 e. The molecule has 0 radical (unpaired) electrons. The fourth-order valence-corrected chi connectivity index (χ4v) is 1.69. The molecule has 0 unspecified atom stereocenters. The molecule has 0 heterocycles. The summed E-state index contributed by atoms with van der Waals surface area (Å²) in [6.07, 6.45) is -0.798. The van der Waals surface area contributed by atoms with E-state index in [2.05, 4.69) is 0 Å². The highest BCUT2D eigenvalue weighted by Gasteiger charge is 2.20. The monoisotopic (exact) mass is 366 g/mol. The second-order valence-corrected chi connectivity index (χ2v) is 5.68. The number of halogens is 1. The average Bonchev–Trinajstić information content (AvgIpc) is 2.19. The molecule has 6 heteroatoms. The van der Waals surface area contributed by atoms with Crippen molar-refractivity contribution in [2.75, 3.05) is 7.11 Å². The lowest BCUT2D eigenvalue weighted by Crippen LogP contribution is -2.26. The molecule has 1 rings (SSSR count). The first kappa shape index (κ1) is 14.9. The zero-order chi connectivity index (χ0) is 13.9. The third-order valence-corrected chi connectivity index (χ3v) is 2.66. The van der Waals surface area contributed by atoms with Crippen molar-refractivity contribution in [1.82, 2.24) is 0 Å². The van der Waals surface area contributed by atoms with E-state index in [4.69, 9.17) is 14.2 Å². The van der Waals surface area contributed by atoms with Crippen LogP contribution in [0.5, 0.6) is 17.2 Å². The van der Waals surface area contributed by atoms with E-state index < -0.39 is 11.8 Å². The number of carbonyl (C=O) groups excluding carboxylic acids is 1. The number of rotatable bonds is 2. The summed E-state index contributed by atoms with van der Waals surface area (Å²) < 4.78 is 15.6. The number of benzene rings is 1. The van der Waals surface area contributed by atoms with Gasteiger partial charge in [0.1, 0.15) is 5.60 Å². The van der Waals surface area contributed by atoms with Crippen molar-refractivity contribution in [3.63, 3.8) is 0 Å². The SMILES string of the molecule is COc1cc(OC(=O)OC(C)(C)C)c(I)cc1O. The van der Waals surface area contributed by atoms with Gasteiger partial charge in [0, 0.05) is 12.1 Å². The number of hydrogen-bond donors (Lipinski definition) is 1. The van der Waals surface area contributed by atoms with Crippen LogP contribution in [0, 0.1) is 3.57 Å². The lowest BCUT2D eigenvalue weighted by atomic mass is 10.2. The maximum Gasteiger partial charge on any atom is 0.514 e. The molecule has 0 aliphatic rings. The van der Waals surface area contributed by atoms with Crippen molar-refractivity contribution in [3.05, 3.63) is 15.7 Å². The molecule has 0 saturated carbocycles. The Kier molecular flexibility index (Phi) is 4.66. The molecule has 0 spiro atoms. The Bertz CT molecular complexity index is 451. The second-order valence-electron chi connectivity index (χ2n) is 4.52. The van der Waals surface area contributed by atoms with Gasteiger partial charge in [-0.25, -0.2) is 4.79 Å². The van der Waals surface area contributed by atoms with Crippen LogP contribution in [0.3, 0.4) is 0 Å². The number of carbonyl (C=O) groups is 1. The summed E-state index contributed by atoms with van der Waals surface area (Å²) in [5, 5.41) is 9.53. The van der Waals surface area contributed by atoms with Gasteiger partial charge in [-0.3, -0.25) is 0 Å². The molecule has 0 saturated heterocycles. The largest absolute Gasteiger partial charge is 0.514 e. The molecule has 1 aromatic carbocycles. The fraction of sp³-hybridized carbons (Fsp3) is 0.417. The Morgan fingerprint density at radius 3 is 2.39 bits per heavy atom. The van der Waals surface area contributed by atoms with Crippen LogP contribution in [0.25, 0.3) is 0 Å². The summed E-state index contributed by atoms with van der Waals surface area (Å²) in [7, 11) is 1.42. The first-order valence-electron chi connectivity index (χ1n) is 5.20. The molecule has 1 aromatic rings. The highest BCUT2D eigenvalue weighted by Crippen LogP contribution is 2.34. The molecule has 0 aromatic heterocycles. The van der Waals surface area contributed by atoms with Crippen LogP contribution in [0.15, 0.2) is 12.1 Å². The summed E-state index contributed by atoms with van der Waals surface area (Å²) in [6.45, 7) is 5.24. The predicted octanol–water partition coefficient (Wildman–Crippen LogP) is 3.32. The van der Waals surface area contributed by atoms with Crippen LogP contribution in [-0.4, -0.2) is 24.0 Å². The molecule has 0 bridgehead atoms. The van der Waals surface area contributed by atoms with Crippen LogP contribution < -0.4 is 9.47 Å².